The van der Waals surface area contributed by atoms with Crippen LogP contribution in [0.15, 0.2) is 53.4 Å². The Hall–Kier alpha value is -2.17. The van der Waals surface area contributed by atoms with Crippen LogP contribution in [-0.2, 0) is 19.6 Å². The minimum Gasteiger partial charge on any atom is -0.379 e. The number of sulfonamides is 1. The van der Waals surface area contributed by atoms with Gasteiger partial charge in [0.25, 0.3) is 0 Å². The minimum absolute atomic E-state index is 0.157. The first-order valence-corrected chi connectivity index (χ1v) is 12.9. The van der Waals surface area contributed by atoms with E-state index in [4.69, 9.17) is 16.3 Å². The molecule has 2 aliphatic rings. The Morgan fingerprint density at radius 1 is 1.00 bits per heavy atom. The maximum absolute atomic E-state index is 12.9. The summed E-state index contributed by atoms with van der Waals surface area (Å²) in [6.07, 6.45) is 0. The highest BCUT2D eigenvalue weighted by Crippen LogP contribution is 2.22. The largest absolute Gasteiger partial charge is 0.379 e. The molecule has 0 spiro atoms. The second-order valence-electron chi connectivity index (χ2n) is 8.21. The summed E-state index contributed by atoms with van der Waals surface area (Å²) in [5, 5.41) is 3.60. The number of amides is 1. The van der Waals surface area contributed by atoms with Crippen LogP contribution in [0, 0.1) is 0 Å². The zero-order chi connectivity index (χ0) is 23.4. The van der Waals surface area contributed by atoms with E-state index in [-0.39, 0.29) is 16.8 Å². The van der Waals surface area contributed by atoms with Gasteiger partial charge >= 0.3 is 0 Å². The van der Waals surface area contributed by atoms with Gasteiger partial charge in [0.15, 0.2) is 0 Å². The fourth-order valence-corrected chi connectivity index (χ4v) is 5.68. The van der Waals surface area contributed by atoms with Crippen LogP contribution in [-0.4, -0.2) is 82.1 Å². The lowest BCUT2D eigenvalue weighted by atomic mass is 10.2. The van der Waals surface area contributed by atoms with Crippen molar-refractivity contribution >= 4 is 38.9 Å². The molecule has 2 saturated heterocycles. The second-order valence-corrected chi connectivity index (χ2v) is 10.6. The van der Waals surface area contributed by atoms with Crippen molar-refractivity contribution < 1.29 is 17.9 Å². The lowest BCUT2D eigenvalue weighted by molar-refractivity contribution is -0.120. The van der Waals surface area contributed by atoms with Crippen LogP contribution in [0.4, 0.5) is 11.4 Å². The molecular weight excluding hydrogens is 464 g/mol. The summed E-state index contributed by atoms with van der Waals surface area (Å²) in [4.78, 5) is 17.5. The van der Waals surface area contributed by atoms with Crippen LogP contribution in [0.5, 0.6) is 0 Å². The second kappa shape index (κ2) is 10.4. The van der Waals surface area contributed by atoms with Crippen molar-refractivity contribution in [3.8, 4) is 0 Å². The summed E-state index contributed by atoms with van der Waals surface area (Å²) in [5.41, 5.74) is 1.59. The number of piperazine rings is 1. The first-order chi connectivity index (χ1) is 15.8. The SMILES string of the molecule is CC(C(=O)Nc1cccc(S(=O)(=O)N2CCOCC2)c1)N1CCN(c2ccc(Cl)cc2)CC1. The first kappa shape index (κ1) is 24.0. The zero-order valence-corrected chi connectivity index (χ0v) is 20.2. The van der Waals surface area contributed by atoms with E-state index in [1.54, 1.807) is 18.2 Å². The van der Waals surface area contributed by atoms with E-state index >= 15 is 0 Å². The van der Waals surface area contributed by atoms with E-state index in [1.165, 1.54) is 10.4 Å². The predicted molar refractivity (Wildman–Crippen MR) is 129 cm³/mol. The van der Waals surface area contributed by atoms with Gasteiger partial charge in [-0.1, -0.05) is 17.7 Å². The van der Waals surface area contributed by atoms with Crippen LogP contribution in [0.3, 0.4) is 0 Å². The highest BCUT2D eigenvalue weighted by atomic mass is 35.5. The zero-order valence-electron chi connectivity index (χ0n) is 18.6. The van der Waals surface area contributed by atoms with E-state index in [1.807, 2.05) is 31.2 Å². The van der Waals surface area contributed by atoms with Crippen molar-refractivity contribution in [1.29, 1.82) is 0 Å². The van der Waals surface area contributed by atoms with Crippen LogP contribution in [0.1, 0.15) is 6.92 Å². The van der Waals surface area contributed by atoms with E-state index in [9.17, 15) is 13.2 Å². The smallest absolute Gasteiger partial charge is 0.243 e. The normalized spacial score (nSPS) is 19.3. The fraction of sp³-hybridized carbons (Fsp3) is 0.435. The van der Waals surface area contributed by atoms with Gasteiger partial charge in [0.2, 0.25) is 15.9 Å². The van der Waals surface area contributed by atoms with Gasteiger partial charge in [-0.25, -0.2) is 8.42 Å². The summed E-state index contributed by atoms with van der Waals surface area (Å²) in [5.74, 6) is -0.157. The summed E-state index contributed by atoms with van der Waals surface area (Å²) >= 11 is 5.98. The molecule has 2 aromatic carbocycles. The molecule has 10 heteroatoms. The molecule has 178 valence electrons. The summed E-state index contributed by atoms with van der Waals surface area (Å²) in [7, 11) is -3.62. The molecule has 1 atom stereocenters. The van der Waals surface area contributed by atoms with E-state index < -0.39 is 10.0 Å². The van der Waals surface area contributed by atoms with Crippen molar-refractivity contribution in [2.75, 3.05) is 62.7 Å². The summed E-state index contributed by atoms with van der Waals surface area (Å²) < 4.78 is 32.5. The van der Waals surface area contributed by atoms with E-state index in [0.29, 0.717) is 37.0 Å². The number of morpholine rings is 1. The molecular formula is C23H29ClN4O4S. The van der Waals surface area contributed by atoms with Crippen molar-refractivity contribution in [1.82, 2.24) is 9.21 Å². The highest BCUT2D eigenvalue weighted by molar-refractivity contribution is 7.89. The molecule has 0 radical (unpaired) electrons. The Balaban J connectivity index is 1.35. The number of halogens is 1. The molecule has 2 aromatic rings. The molecule has 2 fully saturated rings. The number of hydrogen-bond donors (Lipinski definition) is 1. The standard InChI is InChI=1S/C23H29ClN4O4S/c1-18(26-9-11-27(12-10-26)21-7-5-19(24)6-8-21)23(29)25-20-3-2-4-22(17-20)33(30,31)28-13-15-32-16-14-28/h2-8,17-18H,9-16H2,1H3,(H,25,29). The molecule has 1 unspecified atom stereocenters. The number of carbonyl (C=O) groups is 1. The van der Waals surface area contributed by atoms with Gasteiger partial charge < -0.3 is 15.0 Å². The Morgan fingerprint density at radius 2 is 1.67 bits per heavy atom. The van der Waals surface area contributed by atoms with E-state index in [2.05, 4.69) is 15.1 Å². The van der Waals surface area contributed by atoms with Crippen molar-refractivity contribution in [3.05, 3.63) is 53.6 Å². The van der Waals surface area contributed by atoms with Gasteiger partial charge in [0.05, 0.1) is 24.2 Å². The Labute approximate surface area is 200 Å². The summed E-state index contributed by atoms with van der Waals surface area (Å²) in [6.45, 7) is 6.44. The topological polar surface area (TPSA) is 82.2 Å². The van der Waals surface area contributed by atoms with E-state index in [0.717, 1.165) is 31.9 Å². The molecule has 33 heavy (non-hydrogen) atoms. The number of rotatable bonds is 6. The molecule has 0 aliphatic carbocycles. The molecule has 4 rings (SSSR count). The van der Waals surface area contributed by atoms with Gasteiger partial charge in [0.1, 0.15) is 0 Å². The monoisotopic (exact) mass is 492 g/mol. The Kier molecular flexibility index (Phi) is 7.55. The number of nitrogens with one attached hydrogen (secondary N) is 1. The quantitative estimate of drug-likeness (QED) is 0.667. The van der Waals surface area contributed by atoms with Crippen molar-refractivity contribution in [2.45, 2.75) is 17.9 Å². The molecule has 2 heterocycles. The van der Waals surface area contributed by atoms with Crippen molar-refractivity contribution in [3.63, 3.8) is 0 Å². The number of hydrogen-bond acceptors (Lipinski definition) is 6. The van der Waals surface area contributed by atoms with Gasteiger partial charge in [-0.05, 0) is 49.4 Å². The summed E-state index contributed by atoms with van der Waals surface area (Å²) in [6, 6.07) is 13.9. The Bertz CT molecular complexity index is 1070. The number of carbonyl (C=O) groups excluding carboxylic acids is 1. The van der Waals surface area contributed by atoms with Crippen LogP contribution >= 0.6 is 11.6 Å². The number of benzene rings is 2. The lowest BCUT2D eigenvalue weighted by Crippen LogP contribution is -2.52. The van der Waals surface area contributed by atoms with Crippen LogP contribution < -0.4 is 10.2 Å². The molecule has 0 saturated carbocycles. The maximum atomic E-state index is 12.9. The molecule has 0 bridgehead atoms. The minimum atomic E-state index is -3.62. The molecule has 0 aromatic heterocycles. The van der Waals surface area contributed by atoms with Gasteiger partial charge in [-0.15, -0.1) is 0 Å². The molecule has 1 amide bonds. The highest BCUT2D eigenvalue weighted by Gasteiger charge is 2.28. The van der Waals surface area contributed by atoms with Gasteiger partial charge in [-0.3, -0.25) is 9.69 Å². The van der Waals surface area contributed by atoms with Gasteiger partial charge in [-0.2, -0.15) is 4.31 Å². The number of anilines is 2. The van der Waals surface area contributed by atoms with Crippen LogP contribution in [0.25, 0.3) is 0 Å². The molecule has 8 nitrogen and oxygen atoms in total. The number of nitrogens with zero attached hydrogens (tertiary/aromatic N) is 3. The van der Waals surface area contributed by atoms with Crippen LogP contribution in [0.2, 0.25) is 5.02 Å². The first-order valence-electron chi connectivity index (χ1n) is 11.1. The third-order valence-electron chi connectivity index (χ3n) is 6.14. The maximum Gasteiger partial charge on any atom is 0.243 e. The predicted octanol–water partition coefficient (Wildman–Crippen LogP) is 2.51. The fourth-order valence-electron chi connectivity index (χ4n) is 4.10. The molecule has 2 aliphatic heterocycles. The lowest BCUT2D eigenvalue weighted by Gasteiger charge is -2.38. The van der Waals surface area contributed by atoms with Crippen molar-refractivity contribution in [2.24, 2.45) is 0 Å². The average molecular weight is 493 g/mol. The average Bonchev–Trinajstić information content (AvgIpc) is 2.85. The Morgan fingerprint density at radius 3 is 2.33 bits per heavy atom. The number of ether oxygens (including phenoxy) is 1. The molecule has 1 N–H and O–H groups in total. The van der Waals surface area contributed by atoms with Gasteiger partial charge in [0, 0.05) is 55.7 Å². The third-order valence-corrected chi connectivity index (χ3v) is 8.29. The third kappa shape index (κ3) is 5.67.